The topological polar surface area (TPSA) is 93.1 Å². The highest BCUT2D eigenvalue weighted by Crippen LogP contribution is 2.38. The van der Waals surface area contributed by atoms with E-state index in [1.54, 1.807) is 19.9 Å². The minimum atomic E-state index is -1.28. The van der Waals surface area contributed by atoms with Gasteiger partial charge >= 0.3 is 12.1 Å². The van der Waals surface area contributed by atoms with Crippen LogP contribution in [0, 0.1) is 5.92 Å². The Labute approximate surface area is 126 Å². The summed E-state index contributed by atoms with van der Waals surface area (Å²) in [5.41, 5.74) is 1.41. The Balaban J connectivity index is 1.82. The first kappa shape index (κ1) is 14.4. The Morgan fingerprint density at radius 2 is 2.18 bits per heavy atom. The molecule has 3 aliphatic rings. The third-order valence-corrected chi connectivity index (χ3v) is 4.29. The van der Waals surface area contributed by atoms with Gasteiger partial charge in [0, 0.05) is 17.1 Å². The van der Waals surface area contributed by atoms with Crippen molar-refractivity contribution >= 4 is 18.0 Å². The first-order chi connectivity index (χ1) is 10.4. The fourth-order valence-corrected chi connectivity index (χ4v) is 2.88. The first-order valence-corrected chi connectivity index (χ1v) is 6.89. The van der Waals surface area contributed by atoms with Crippen LogP contribution in [0.3, 0.4) is 0 Å². The van der Waals surface area contributed by atoms with Crippen LogP contribution in [0.15, 0.2) is 35.1 Å². The van der Waals surface area contributed by atoms with Crippen molar-refractivity contribution in [3.05, 3.63) is 35.1 Å². The molecule has 1 fully saturated rings. The summed E-state index contributed by atoms with van der Waals surface area (Å²) in [6.07, 6.45) is 3.22. The molecule has 3 unspecified atom stereocenters. The van der Waals surface area contributed by atoms with Crippen LogP contribution in [0.1, 0.15) is 20.3 Å². The van der Waals surface area contributed by atoms with Gasteiger partial charge in [0.15, 0.2) is 0 Å². The minimum Gasteiger partial charge on any atom is -0.465 e. The number of carbonyl (C=O) groups excluding carboxylic acids is 2. The molecule has 0 spiro atoms. The van der Waals surface area contributed by atoms with Gasteiger partial charge in [-0.2, -0.15) is 0 Å². The Morgan fingerprint density at radius 3 is 2.77 bits per heavy atom. The van der Waals surface area contributed by atoms with E-state index in [1.165, 1.54) is 6.26 Å². The van der Waals surface area contributed by atoms with Gasteiger partial charge in [-0.3, -0.25) is 4.79 Å². The van der Waals surface area contributed by atoms with E-state index >= 15 is 0 Å². The Kier molecular flexibility index (Phi) is 3.27. The lowest BCUT2D eigenvalue weighted by molar-refractivity contribution is -0.153. The van der Waals surface area contributed by atoms with E-state index in [1.807, 2.05) is 6.08 Å². The molecule has 3 rings (SSSR count). The summed E-state index contributed by atoms with van der Waals surface area (Å²) in [4.78, 5) is 35.7. The van der Waals surface area contributed by atoms with Crippen LogP contribution in [0.5, 0.6) is 0 Å². The number of likely N-dealkylation sites (tertiary alicyclic amines) is 1. The Hall–Kier alpha value is -2.57. The largest absolute Gasteiger partial charge is 0.465 e. The van der Waals surface area contributed by atoms with Crippen LogP contribution >= 0.6 is 0 Å². The number of nitrogens with zero attached hydrogens (tertiary/aromatic N) is 1. The number of hydrogen-bond donors (Lipinski definition) is 1. The second-order valence-electron chi connectivity index (χ2n) is 5.47. The van der Waals surface area contributed by atoms with Gasteiger partial charge in [-0.05, 0) is 20.3 Å². The van der Waals surface area contributed by atoms with Gasteiger partial charge in [-0.25, -0.2) is 14.5 Å². The van der Waals surface area contributed by atoms with Crippen LogP contribution in [0.4, 0.5) is 4.79 Å². The van der Waals surface area contributed by atoms with Crippen molar-refractivity contribution in [2.45, 2.75) is 32.6 Å². The van der Waals surface area contributed by atoms with E-state index < -0.39 is 30.3 Å². The predicted octanol–water partition coefficient (Wildman–Crippen LogP) is 1.57. The highest BCUT2D eigenvalue weighted by Gasteiger charge is 2.48. The quantitative estimate of drug-likeness (QED) is 0.360. The van der Waals surface area contributed by atoms with E-state index in [4.69, 9.17) is 14.6 Å². The van der Waals surface area contributed by atoms with E-state index in [9.17, 15) is 14.4 Å². The highest BCUT2D eigenvalue weighted by atomic mass is 16.7. The molecule has 2 amide bonds. The second kappa shape index (κ2) is 5.01. The molecule has 7 nitrogen and oxygen atoms in total. The first-order valence-electron chi connectivity index (χ1n) is 6.89. The molecule has 0 aromatic rings. The fourth-order valence-electron chi connectivity index (χ4n) is 2.88. The van der Waals surface area contributed by atoms with Crippen molar-refractivity contribution in [1.29, 1.82) is 0 Å². The maximum Gasteiger partial charge on any atom is 0.414 e. The van der Waals surface area contributed by atoms with Gasteiger partial charge < -0.3 is 14.6 Å². The van der Waals surface area contributed by atoms with Gasteiger partial charge in [0.25, 0.3) is 12.2 Å². The average molecular weight is 305 g/mol. The van der Waals surface area contributed by atoms with Crippen molar-refractivity contribution < 1.29 is 29.0 Å². The number of esters is 1. The van der Waals surface area contributed by atoms with Crippen LogP contribution in [-0.2, 0) is 19.1 Å². The smallest absolute Gasteiger partial charge is 0.414 e. The SMILES string of the molecule is CC1=C(C)C(O/C=C2/C(=O)N(C(=O)O)C3C=CCC23)OC1=O. The lowest BCUT2D eigenvalue weighted by Gasteiger charge is -2.15. The average Bonchev–Trinajstić information content (AvgIpc) is 3.07. The van der Waals surface area contributed by atoms with Crippen LogP contribution in [0.2, 0.25) is 0 Å². The number of carbonyl (C=O) groups is 3. The van der Waals surface area contributed by atoms with Crippen molar-refractivity contribution in [1.82, 2.24) is 4.90 Å². The van der Waals surface area contributed by atoms with Gasteiger partial charge in [-0.1, -0.05) is 12.2 Å². The molecule has 2 heterocycles. The molecule has 22 heavy (non-hydrogen) atoms. The maximum atomic E-state index is 12.2. The third-order valence-electron chi connectivity index (χ3n) is 4.29. The Bertz CT molecular complexity index is 659. The second-order valence-corrected chi connectivity index (χ2v) is 5.47. The summed E-state index contributed by atoms with van der Waals surface area (Å²) in [6.45, 7) is 3.35. The molecule has 0 radical (unpaired) electrons. The monoisotopic (exact) mass is 305 g/mol. The number of hydrogen-bond acceptors (Lipinski definition) is 5. The van der Waals surface area contributed by atoms with E-state index in [2.05, 4.69) is 0 Å². The zero-order valence-electron chi connectivity index (χ0n) is 12.1. The molecule has 1 saturated heterocycles. The number of ether oxygens (including phenoxy) is 2. The van der Waals surface area contributed by atoms with Crippen molar-refractivity contribution in [2.24, 2.45) is 5.92 Å². The summed E-state index contributed by atoms with van der Waals surface area (Å²) < 4.78 is 10.4. The molecular formula is C15H15NO6. The summed E-state index contributed by atoms with van der Waals surface area (Å²) in [5, 5.41) is 9.17. The van der Waals surface area contributed by atoms with E-state index in [-0.39, 0.29) is 11.5 Å². The van der Waals surface area contributed by atoms with Gasteiger partial charge in [0.1, 0.15) is 0 Å². The molecule has 0 saturated carbocycles. The van der Waals surface area contributed by atoms with Crippen molar-refractivity contribution in [3.63, 3.8) is 0 Å². The van der Waals surface area contributed by atoms with Crippen molar-refractivity contribution in [3.8, 4) is 0 Å². The van der Waals surface area contributed by atoms with Gasteiger partial charge in [-0.15, -0.1) is 0 Å². The lowest BCUT2D eigenvalue weighted by atomic mass is 9.98. The number of imide groups is 1. The number of carboxylic acid groups (broad SMARTS) is 1. The van der Waals surface area contributed by atoms with Crippen LogP contribution < -0.4 is 0 Å². The molecule has 2 aliphatic heterocycles. The van der Waals surface area contributed by atoms with Crippen LogP contribution in [-0.4, -0.2) is 40.3 Å². The maximum absolute atomic E-state index is 12.2. The number of cyclic esters (lactones) is 1. The summed E-state index contributed by atoms with van der Waals surface area (Å²) in [7, 11) is 0. The molecular weight excluding hydrogens is 290 g/mol. The van der Waals surface area contributed by atoms with Crippen molar-refractivity contribution in [2.75, 3.05) is 0 Å². The third kappa shape index (κ3) is 2.01. The number of rotatable bonds is 2. The number of amides is 2. The summed E-state index contributed by atoms with van der Waals surface area (Å²) in [6, 6.07) is -0.482. The summed E-state index contributed by atoms with van der Waals surface area (Å²) in [5.74, 6) is -1.29. The molecule has 0 aromatic heterocycles. The zero-order chi connectivity index (χ0) is 16.0. The van der Waals surface area contributed by atoms with E-state index in [0.717, 1.165) is 4.90 Å². The van der Waals surface area contributed by atoms with E-state index in [0.29, 0.717) is 17.6 Å². The highest BCUT2D eigenvalue weighted by molar-refractivity contribution is 6.05. The Morgan fingerprint density at radius 1 is 1.45 bits per heavy atom. The molecule has 1 N–H and O–H groups in total. The molecule has 0 aromatic carbocycles. The fraction of sp³-hybridized carbons (Fsp3) is 0.400. The predicted molar refractivity (Wildman–Crippen MR) is 73.3 cm³/mol. The van der Waals surface area contributed by atoms with Gasteiger partial charge in [0.05, 0.1) is 17.9 Å². The molecule has 7 heteroatoms. The lowest BCUT2D eigenvalue weighted by Crippen LogP contribution is -2.37. The van der Waals surface area contributed by atoms with Gasteiger partial charge in [0.2, 0.25) is 0 Å². The molecule has 1 aliphatic carbocycles. The molecule has 116 valence electrons. The molecule has 0 bridgehead atoms. The standard InChI is InChI=1S/C15H15NO6/c1-7-8(2)14(22-13(7)18)21-6-10-9-4-3-5-11(9)16(12(10)17)15(19)20/h3,5-6,9,11,14H,4H2,1-2H3,(H,19,20)/b10-6+. The summed E-state index contributed by atoms with van der Waals surface area (Å²) >= 11 is 0. The van der Waals surface area contributed by atoms with Crippen LogP contribution in [0.25, 0.3) is 0 Å². The zero-order valence-corrected chi connectivity index (χ0v) is 12.1. The number of fused-ring (bicyclic) bond motifs is 1. The number of allylic oxidation sites excluding steroid dienone is 1. The normalized spacial score (nSPS) is 32.0. The minimum absolute atomic E-state index is 0.244. The molecule has 3 atom stereocenters.